The van der Waals surface area contributed by atoms with E-state index < -0.39 is 6.10 Å². The first-order valence-corrected chi connectivity index (χ1v) is 8.82. The number of β-amino-alcohol motifs (C(OH)–C–C–N with tert-alkyl or cyclic N) is 1. The summed E-state index contributed by atoms with van der Waals surface area (Å²) < 4.78 is 24.7. The number of anilines is 1. The van der Waals surface area contributed by atoms with E-state index in [-0.39, 0.29) is 12.4 Å². The lowest BCUT2D eigenvalue weighted by molar-refractivity contribution is 0.0662. The van der Waals surface area contributed by atoms with Crippen LogP contribution in [0, 0.1) is 5.82 Å². The Hall–Kier alpha value is -2.31. The Morgan fingerprint density at radius 1 is 1.04 bits per heavy atom. The Bertz CT molecular complexity index is 705. The van der Waals surface area contributed by atoms with Gasteiger partial charge in [-0.15, -0.1) is 0 Å². The molecule has 0 aromatic heterocycles. The lowest BCUT2D eigenvalue weighted by Crippen LogP contribution is -2.49. The van der Waals surface area contributed by atoms with Crippen LogP contribution in [0.5, 0.6) is 11.5 Å². The highest BCUT2D eigenvalue weighted by atomic mass is 19.1. The maximum Gasteiger partial charge on any atom is 0.146 e. The molecule has 1 fully saturated rings. The molecule has 1 atom stereocenters. The molecule has 1 saturated heterocycles. The molecule has 5 nitrogen and oxygen atoms in total. The summed E-state index contributed by atoms with van der Waals surface area (Å²) in [5, 5.41) is 10.2. The third-order valence-corrected chi connectivity index (χ3v) is 4.52. The Kier molecular flexibility index (Phi) is 6.30. The lowest BCUT2D eigenvalue weighted by Gasteiger charge is -2.36. The fourth-order valence-electron chi connectivity index (χ4n) is 3.11. The van der Waals surface area contributed by atoms with E-state index in [1.807, 2.05) is 35.2 Å². The van der Waals surface area contributed by atoms with Gasteiger partial charge in [0.25, 0.3) is 0 Å². The SMILES string of the molecule is COc1cccc(OC[C@@H](O)CN2CCN(c3ccccc3F)CC2)c1. The molecule has 0 saturated carbocycles. The fourth-order valence-corrected chi connectivity index (χ4v) is 3.11. The van der Waals surface area contributed by atoms with Crippen molar-refractivity contribution in [1.82, 2.24) is 4.90 Å². The molecule has 0 bridgehead atoms. The van der Waals surface area contributed by atoms with Crippen LogP contribution in [0.1, 0.15) is 0 Å². The van der Waals surface area contributed by atoms with E-state index in [9.17, 15) is 9.50 Å². The molecular weight excluding hydrogens is 335 g/mol. The Labute approximate surface area is 153 Å². The minimum absolute atomic E-state index is 0.187. The van der Waals surface area contributed by atoms with Crippen LogP contribution in [0.3, 0.4) is 0 Å². The van der Waals surface area contributed by atoms with Gasteiger partial charge in [-0.2, -0.15) is 0 Å². The average Bonchev–Trinajstić information content (AvgIpc) is 2.68. The number of rotatable bonds is 7. The number of piperazine rings is 1. The molecule has 1 N–H and O–H groups in total. The molecule has 2 aromatic rings. The number of nitrogens with zero attached hydrogens (tertiary/aromatic N) is 2. The highest BCUT2D eigenvalue weighted by Gasteiger charge is 2.21. The monoisotopic (exact) mass is 360 g/mol. The van der Waals surface area contributed by atoms with Crippen molar-refractivity contribution in [2.75, 3.05) is 51.3 Å². The molecule has 0 radical (unpaired) electrons. The summed E-state index contributed by atoms with van der Waals surface area (Å²) in [6.07, 6.45) is -0.582. The van der Waals surface area contributed by atoms with Gasteiger partial charge in [0.05, 0.1) is 12.8 Å². The maximum absolute atomic E-state index is 13.9. The van der Waals surface area contributed by atoms with Gasteiger partial charge < -0.3 is 19.5 Å². The maximum atomic E-state index is 13.9. The molecule has 3 rings (SSSR count). The van der Waals surface area contributed by atoms with Gasteiger partial charge in [-0.05, 0) is 24.3 Å². The lowest BCUT2D eigenvalue weighted by atomic mass is 10.2. The normalized spacial score (nSPS) is 16.3. The summed E-state index contributed by atoms with van der Waals surface area (Å²) in [6, 6.07) is 14.2. The number of para-hydroxylation sites is 1. The van der Waals surface area contributed by atoms with E-state index in [2.05, 4.69) is 4.90 Å². The summed E-state index contributed by atoms with van der Waals surface area (Å²) in [7, 11) is 1.61. The standard InChI is InChI=1S/C20H25FN2O3/c1-25-17-5-4-6-18(13-17)26-15-16(24)14-22-9-11-23(12-10-22)20-8-3-2-7-19(20)21/h2-8,13,16,24H,9-12,14-15H2,1H3/t16-/m0/s1. The quantitative estimate of drug-likeness (QED) is 0.822. The van der Waals surface area contributed by atoms with Gasteiger partial charge in [0.15, 0.2) is 0 Å². The van der Waals surface area contributed by atoms with Gasteiger partial charge in [-0.3, -0.25) is 4.90 Å². The Morgan fingerprint density at radius 2 is 1.77 bits per heavy atom. The van der Waals surface area contributed by atoms with Gasteiger partial charge in [-0.25, -0.2) is 4.39 Å². The van der Waals surface area contributed by atoms with Crippen LogP contribution in [0.15, 0.2) is 48.5 Å². The zero-order chi connectivity index (χ0) is 18.4. The summed E-state index contributed by atoms with van der Waals surface area (Å²) in [6.45, 7) is 3.81. The third kappa shape index (κ3) is 4.86. The van der Waals surface area contributed by atoms with Crippen molar-refractivity contribution in [2.45, 2.75) is 6.10 Å². The minimum atomic E-state index is -0.582. The number of halogens is 1. The summed E-state index contributed by atoms with van der Waals surface area (Å²) >= 11 is 0. The number of hydrogen-bond donors (Lipinski definition) is 1. The molecule has 1 heterocycles. The molecule has 140 valence electrons. The molecule has 0 spiro atoms. The van der Waals surface area contributed by atoms with Crippen LogP contribution in [0.25, 0.3) is 0 Å². The van der Waals surface area contributed by atoms with E-state index in [0.717, 1.165) is 31.9 Å². The molecule has 2 aromatic carbocycles. The molecule has 0 aliphatic carbocycles. The molecule has 1 aliphatic heterocycles. The van der Waals surface area contributed by atoms with Crippen LogP contribution in [-0.4, -0.2) is 62.6 Å². The molecule has 26 heavy (non-hydrogen) atoms. The number of aliphatic hydroxyl groups excluding tert-OH is 1. The smallest absolute Gasteiger partial charge is 0.146 e. The number of hydrogen-bond acceptors (Lipinski definition) is 5. The van der Waals surface area contributed by atoms with Gasteiger partial charge in [-0.1, -0.05) is 18.2 Å². The van der Waals surface area contributed by atoms with Crippen molar-refractivity contribution < 1.29 is 19.0 Å². The van der Waals surface area contributed by atoms with E-state index in [1.54, 1.807) is 19.2 Å². The largest absolute Gasteiger partial charge is 0.497 e. The zero-order valence-corrected chi connectivity index (χ0v) is 15.0. The van der Waals surface area contributed by atoms with E-state index in [0.29, 0.717) is 18.0 Å². The van der Waals surface area contributed by atoms with E-state index in [4.69, 9.17) is 9.47 Å². The molecule has 0 unspecified atom stereocenters. The first-order chi connectivity index (χ1) is 12.7. The Morgan fingerprint density at radius 3 is 2.50 bits per heavy atom. The fraction of sp³-hybridized carbons (Fsp3) is 0.400. The van der Waals surface area contributed by atoms with Crippen molar-refractivity contribution >= 4 is 5.69 Å². The highest BCUT2D eigenvalue weighted by Crippen LogP contribution is 2.21. The van der Waals surface area contributed by atoms with Gasteiger partial charge in [0.2, 0.25) is 0 Å². The number of benzene rings is 2. The van der Waals surface area contributed by atoms with Crippen LogP contribution in [-0.2, 0) is 0 Å². The third-order valence-electron chi connectivity index (χ3n) is 4.52. The zero-order valence-electron chi connectivity index (χ0n) is 15.0. The summed E-state index contributed by atoms with van der Waals surface area (Å²) in [5.74, 6) is 1.21. The molecule has 1 aliphatic rings. The first-order valence-electron chi connectivity index (χ1n) is 8.82. The summed E-state index contributed by atoms with van der Waals surface area (Å²) in [4.78, 5) is 4.22. The van der Waals surface area contributed by atoms with Gasteiger partial charge >= 0.3 is 0 Å². The number of methoxy groups -OCH3 is 1. The van der Waals surface area contributed by atoms with E-state index >= 15 is 0 Å². The van der Waals surface area contributed by atoms with Crippen LogP contribution < -0.4 is 14.4 Å². The first kappa shape index (κ1) is 18.5. The predicted octanol–water partition coefficient (Wildman–Crippen LogP) is 2.40. The summed E-state index contributed by atoms with van der Waals surface area (Å²) in [5.41, 5.74) is 0.647. The number of ether oxygens (including phenoxy) is 2. The second-order valence-corrected chi connectivity index (χ2v) is 6.38. The number of aliphatic hydroxyl groups is 1. The molecule has 6 heteroatoms. The molecule has 0 amide bonds. The topological polar surface area (TPSA) is 45.2 Å². The van der Waals surface area contributed by atoms with Gasteiger partial charge in [0.1, 0.15) is 30.0 Å². The predicted molar refractivity (Wildman–Crippen MR) is 99.5 cm³/mol. The van der Waals surface area contributed by atoms with Crippen molar-refractivity contribution in [3.8, 4) is 11.5 Å². The van der Waals surface area contributed by atoms with Crippen LogP contribution in [0.2, 0.25) is 0 Å². The van der Waals surface area contributed by atoms with Crippen molar-refractivity contribution in [1.29, 1.82) is 0 Å². The van der Waals surface area contributed by atoms with Crippen molar-refractivity contribution in [3.63, 3.8) is 0 Å². The van der Waals surface area contributed by atoms with Crippen LogP contribution in [0.4, 0.5) is 10.1 Å². The van der Waals surface area contributed by atoms with Crippen molar-refractivity contribution in [3.05, 3.63) is 54.3 Å². The Balaban J connectivity index is 1.43. The van der Waals surface area contributed by atoms with Gasteiger partial charge in [0, 0.05) is 38.8 Å². The highest BCUT2D eigenvalue weighted by molar-refractivity contribution is 5.48. The second kappa shape index (κ2) is 8.87. The van der Waals surface area contributed by atoms with Crippen molar-refractivity contribution in [2.24, 2.45) is 0 Å². The van der Waals surface area contributed by atoms with Crippen LogP contribution >= 0.6 is 0 Å². The average molecular weight is 360 g/mol. The minimum Gasteiger partial charge on any atom is -0.497 e. The van der Waals surface area contributed by atoms with E-state index in [1.165, 1.54) is 6.07 Å². The second-order valence-electron chi connectivity index (χ2n) is 6.38. The molecular formula is C20H25FN2O3.